The van der Waals surface area contributed by atoms with Gasteiger partial charge in [0.2, 0.25) is 0 Å². The molecule has 1 aliphatic heterocycles. The molecule has 3 aromatic rings. The maximum Gasteiger partial charge on any atom is 0.254 e. The molecule has 0 bridgehead atoms. The fraction of sp³-hybridized carbons (Fsp3) is 0.464. The van der Waals surface area contributed by atoms with Crippen LogP contribution in [-0.4, -0.2) is 65.1 Å². The number of aliphatic hydroxyl groups is 1. The third-order valence-electron chi connectivity index (χ3n) is 7.41. The van der Waals surface area contributed by atoms with Gasteiger partial charge in [0.25, 0.3) is 5.91 Å². The second kappa shape index (κ2) is 10.2. The van der Waals surface area contributed by atoms with Crippen LogP contribution in [0.5, 0.6) is 0 Å². The summed E-state index contributed by atoms with van der Waals surface area (Å²) in [5, 5.41) is 14.0. The quantitative estimate of drug-likeness (QED) is 0.460. The smallest absolute Gasteiger partial charge is 0.254 e. The molecule has 0 unspecified atom stereocenters. The summed E-state index contributed by atoms with van der Waals surface area (Å²) >= 11 is 0. The van der Waals surface area contributed by atoms with Crippen LogP contribution >= 0.6 is 0 Å². The Labute approximate surface area is 203 Å². The number of carbonyl (C=O) groups excluding carboxylic acids is 1. The van der Waals surface area contributed by atoms with Crippen molar-refractivity contribution in [2.75, 3.05) is 38.6 Å². The standard InChI is InChI=1S/C28H38N4O2/c1-18-8-6-9-19(2)25(18)16-29-26-15-22(14-24-20(3)21(4)30-27(24)26)28(34)32-11-7-10-23(32)17-31(5)12-13-33/h6,8-9,14-15,23,29-30,33H,7,10-13,16-17H2,1-5H3/t23-/m0/s1. The highest BCUT2D eigenvalue weighted by atomic mass is 16.3. The summed E-state index contributed by atoms with van der Waals surface area (Å²) in [5.41, 5.74) is 8.88. The minimum Gasteiger partial charge on any atom is -0.395 e. The number of aromatic nitrogens is 1. The van der Waals surface area contributed by atoms with Gasteiger partial charge in [-0.15, -0.1) is 0 Å². The van der Waals surface area contributed by atoms with Gasteiger partial charge in [0.15, 0.2) is 0 Å². The van der Waals surface area contributed by atoms with E-state index in [0.29, 0.717) is 13.1 Å². The van der Waals surface area contributed by atoms with E-state index in [2.05, 4.69) is 61.1 Å². The minimum atomic E-state index is 0.0928. The van der Waals surface area contributed by atoms with Crippen LogP contribution in [0, 0.1) is 27.7 Å². The fourth-order valence-electron chi connectivity index (χ4n) is 5.21. The molecule has 0 aliphatic carbocycles. The van der Waals surface area contributed by atoms with Crippen molar-refractivity contribution in [3.05, 3.63) is 63.8 Å². The first-order valence-electron chi connectivity index (χ1n) is 12.3. The van der Waals surface area contributed by atoms with Gasteiger partial charge in [-0.1, -0.05) is 18.2 Å². The number of carbonyl (C=O) groups is 1. The number of nitrogens with one attached hydrogen (secondary N) is 2. The van der Waals surface area contributed by atoms with Crippen molar-refractivity contribution in [1.29, 1.82) is 0 Å². The van der Waals surface area contributed by atoms with Crippen LogP contribution in [0.2, 0.25) is 0 Å². The largest absolute Gasteiger partial charge is 0.395 e. The van der Waals surface area contributed by atoms with E-state index in [1.165, 1.54) is 22.3 Å². The lowest BCUT2D eigenvalue weighted by molar-refractivity contribution is 0.0704. The summed E-state index contributed by atoms with van der Waals surface area (Å²) in [6.07, 6.45) is 2.02. The van der Waals surface area contributed by atoms with Gasteiger partial charge >= 0.3 is 0 Å². The van der Waals surface area contributed by atoms with E-state index in [0.717, 1.165) is 53.8 Å². The summed E-state index contributed by atoms with van der Waals surface area (Å²) in [7, 11) is 2.00. The Balaban J connectivity index is 1.65. The summed E-state index contributed by atoms with van der Waals surface area (Å²) in [4.78, 5) is 21.4. The zero-order chi connectivity index (χ0) is 24.4. The van der Waals surface area contributed by atoms with Crippen molar-refractivity contribution >= 4 is 22.5 Å². The molecule has 1 atom stereocenters. The lowest BCUT2D eigenvalue weighted by Crippen LogP contribution is -2.42. The summed E-state index contributed by atoms with van der Waals surface area (Å²) in [6.45, 7) is 11.5. The van der Waals surface area contributed by atoms with Crippen molar-refractivity contribution < 1.29 is 9.90 Å². The molecule has 3 N–H and O–H groups in total. The molecule has 2 heterocycles. The molecular weight excluding hydrogens is 424 g/mol. The highest BCUT2D eigenvalue weighted by Crippen LogP contribution is 2.32. The Hall–Kier alpha value is -2.83. The molecular formula is C28H38N4O2. The van der Waals surface area contributed by atoms with Crippen molar-refractivity contribution in [2.45, 2.75) is 53.1 Å². The first-order chi connectivity index (χ1) is 16.3. The number of hydrogen-bond acceptors (Lipinski definition) is 4. The third-order valence-corrected chi connectivity index (χ3v) is 7.41. The van der Waals surface area contributed by atoms with Gasteiger partial charge in [0.05, 0.1) is 17.8 Å². The Bertz CT molecular complexity index is 1160. The number of likely N-dealkylation sites (tertiary alicyclic amines) is 1. The Kier molecular flexibility index (Phi) is 7.29. The Morgan fingerprint density at radius 2 is 1.94 bits per heavy atom. The topological polar surface area (TPSA) is 71.6 Å². The summed E-state index contributed by atoms with van der Waals surface area (Å²) in [5.74, 6) is 0.0928. The molecule has 1 fully saturated rings. The molecule has 182 valence electrons. The maximum absolute atomic E-state index is 13.7. The molecule has 2 aromatic carbocycles. The van der Waals surface area contributed by atoms with Crippen LogP contribution in [0.1, 0.15) is 51.1 Å². The normalized spacial score (nSPS) is 16.1. The highest BCUT2D eigenvalue weighted by molar-refractivity contribution is 6.04. The number of anilines is 1. The van der Waals surface area contributed by atoms with Crippen LogP contribution in [0.15, 0.2) is 30.3 Å². The van der Waals surface area contributed by atoms with Gasteiger partial charge < -0.3 is 25.2 Å². The molecule has 0 radical (unpaired) electrons. The monoisotopic (exact) mass is 462 g/mol. The van der Waals surface area contributed by atoms with Crippen molar-refractivity contribution in [2.24, 2.45) is 0 Å². The molecule has 0 saturated carbocycles. The van der Waals surface area contributed by atoms with Gasteiger partial charge in [-0.25, -0.2) is 0 Å². The van der Waals surface area contributed by atoms with Crippen LogP contribution in [0.3, 0.4) is 0 Å². The average Bonchev–Trinajstić information content (AvgIpc) is 3.37. The molecule has 4 rings (SSSR count). The van der Waals surface area contributed by atoms with Crippen LogP contribution in [0.4, 0.5) is 5.69 Å². The second-order valence-corrected chi connectivity index (χ2v) is 9.83. The molecule has 1 aliphatic rings. The van der Waals surface area contributed by atoms with E-state index in [-0.39, 0.29) is 18.6 Å². The number of amides is 1. The molecule has 6 heteroatoms. The lowest BCUT2D eigenvalue weighted by Gasteiger charge is -2.29. The molecule has 1 amide bonds. The number of rotatable bonds is 8. The first-order valence-corrected chi connectivity index (χ1v) is 12.3. The predicted molar refractivity (Wildman–Crippen MR) is 140 cm³/mol. The SMILES string of the molecule is Cc1cccc(C)c1CNc1cc(C(=O)N2CCC[C@H]2CN(C)CCO)cc2c(C)c(C)[nH]c12. The number of nitrogens with zero attached hydrogens (tertiary/aromatic N) is 2. The summed E-state index contributed by atoms with van der Waals surface area (Å²) < 4.78 is 0. The average molecular weight is 463 g/mol. The van der Waals surface area contributed by atoms with E-state index in [4.69, 9.17) is 0 Å². The van der Waals surface area contributed by atoms with Crippen LogP contribution in [0.25, 0.3) is 10.9 Å². The number of aliphatic hydroxyl groups excluding tert-OH is 1. The van der Waals surface area contributed by atoms with Gasteiger partial charge in [-0.2, -0.15) is 0 Å². The second-order valence-electron chi connectivity index (χ2n) is 9.83. The van der Waals surface area contributed by atoms with E-state index in [1.54, 1.807) is 0 Å². The van der Waals surface area contributed by atoms with E-state index in [9.17, 15) is 9.90 Å². The minimum absolute atomic E-state index is 0.0928. The van der Waals surface area contributed by atoms with E-state index in [1.807, 2.05) is 24.1 Å². The van der Waals surface area contributed by atoms with Crippen molar-refractivity contribution in [3.63, 3.8) is 0 Å². The fourth-order valence-corrected chi connectivity index (χ4v) is 5.21. The zero-order valence-electron chi connectivity index (χ0n) is 21.2. The Morgan fingerprint density at radius 1 is 1.21 bits per heavy atom. The lowest BCUT2D eigenvalue weighted by atomic mass is 10.0. The van der Waals surface area contributed by atoms with E-state index >= 15 is 0 Å². The number of H-pyrrole nitrogens is 1. The number of aromatic amines is 1. The van der Waals surface area contributed by atoms with Crippen LogP contribution in [-0.2, 0) is 6.54 Å². The zero-order valence-corrected chi connectivity index (χ0v) is 21.2. The number of fused-ring (bicyclic) bond motifs is 1. The Morgan fingerprint density at radius 3 is 2.65 bits per heavy atom. The third kappa shape index (κ3) is 4.84. The van der Waals surface area contributed by atoms with Gasteiger partial charge in [0, 0.05) is 48.9 Å². The van der Waals surface area contributed by atoms with Gasteiger partial charge in [-0.05, 0) is 82.0 Å². The molecule has 34 heavy (non-hydrogen) atoms. The number of likely N-dealkylation sites (N-methyl/N-ethyl adjacent to an activating group) is 1. The summed E-state index contributed by atoms with van der Waals surface area (Å²) in [6, 6.07) is 10.6. The molecule has 0 spiro atoms. The van der Waals surface area contributed by atoms with Gasteiger partial charge in [0.1, 0.15) is 0 Å². The number of benzene rings is 2. The maximum atomic E-state index is 13.7. The molecule has 1 saturated heterocycles. The molecule has 6 nitrogen and oxygen atoms in total. The number of aryl methyl sites for hydroxylation is 4. The van der Waals surface area contributed by atoms with Crippen molar-refractivity contribution in [1.82, 2.24) is 14.8 Å². The van der Waals surface area contributed by atoms with Gasteiger partial charge in [-0.3, -0.25) is 4.79 Å². The highest BCUT2D eigenvalue weighted by Gasteiger charge is 2.30. The van der Waals surface area contributed by atoms with Crippen LogP contribution < -0.4 is 5.32 Å². The van der Waals surface area contributed by atoms with Crippen molar-refractivity contribution in [3.8, 4) is 0 Å². The first kappa shape index (κ1) is 24.3. The van der Waals surface area contributed by atoms with E-state index < -0.39 is 0 Å². The number of hydrogen-bond donors (Lipinski definition) is 3. The molecule has 1 aromatic heterocycles. The predicted octanol–water partition coefficient (Wildman–Crippen LogP) is 4.54.